The van der Waals surface area contributed by atoms with Crippen LogP contribution < -0.4 is 10.2 Å². The number of piperazine rings is 1. The number of hydrogen-bond donors (Lipinski definition) is 1. The molecule has 1 atom stereocenters. The van der Waals surface area contributed by atoms with E-state index in [0.29, 0.717) is 5.69 Å². The number of nitrogens with zero attached hydrogens (tertiary/aromatic N) is 1. The van der Waals surface area contributed by atoms with Crippen molar-refractivity contribution in [1.29, 1.82) is 0 Å². The summed E-state index contributed by atoms with van der Waals surface area (Å²) in [5.41, 5.74) is 1.19. The molecule has 4 nitrogen and oxygen atoms in total. The fraction of sp³-hybridized carbons (Fsp3) is 0.429. The maximum atomic E-state index is 13.4. The second-order valence-electron chi connectivity index (χ2n) is 5.29. The highest BCUT2D eigenvalue weighted by Crippen LogP contribution is 2.35. The van der Waals surface area contributed by atoms with Gasteiger partial charge in [0.25, 0.3) is 0 Å². The van der Waals surface area contributed by atoms with Crippen molar-refractivity contribution in [3.63, 3.8) is 0 Å². The van der Waals surface area contributed by atoms with Crippen molar-refractivity contribution in [2.24, 2.45) is 5.92 Å². The highest BCUT2D eigenvalue weighted by atomic mass is 19.1. The molecule has 5 heteroatoms. The number of nitrogens with one attached hydrogen (secondary N) is 1. The molecule has 100 valence electrons. The molecule has 2 fully saturated rings. The third-order valence-electron chi connectivity index (χ3n) is 3.58. The molecule has 1 N–H and O–H groups in total. The first-order chi connectivity index (χ1) is 9.04. The predicted molar refractivity (Wildman–Crippen MR) is 68.1 cm³/mol. The number of carbonyl (C=O) groups is 2. The van der Waals surface area contributed by atoms with Crippen molar-refractivity contribution in [2.75, 3.05) is 11.4 Å². The molecule has 1 saturated heterocycles. The topological polar surface area (TPSA) is 49.4 Å². The fourth-order valence-electron chi connectivity index (χ4n) is 2.51. The fourth-order valence-corrected chi connectivity index (χ4v) is 2.51. The van der Waals surface area contributed by atoms with Gasteiger partial charge in [0.1, 0.15) is 18.4 Å². The summed E-state index contributed by atoms with van der Waals surface area (Å²) in [6, 6.07) is 3.98. The summed E-state index contributed by atoms with van der Waals surface area (Å²) in [6.07, 6.45) is 1.93. The van der Waals surface area contributed by atoms with Crippen LogP contribution >= 0.6 is 0 Å². The van der Waals surface area contributed by atoms with Crippen LogP contribution in [-0.2, 0) is 9.59 Å². The molecule has 1 unspecified atom stereocenters. The van der Waals surface area contributed by atoms with Crippen LogP contribution in [0.3, 0.4) is 0 Å². The normalized spacial score (nSPS) is 23.5. The van der Waals surface area contributed by atoms with Gasteiger partial charge in [-0.3, -0.25) is 9.59 Å². The van der Waals surface area contributed by atoms with Gasteiger partial charge in [0.05, 0.1) is 0 Å². The van der Waals surface area contributed by atoms with Crippen LogP contribution in [0.2, 0.25) is 0 Å². The van der Waals surface area contributed by atoms with Crippen molar-refractivity contribution in [3.05, 3.63) is 29.6 Å². The Morgan fingerprint density at radius 2 is 2.00 bits per heavy atom. The quantitative estimate of drug-likeness (QED) is 0.875. The lowest BCUT2D eigenvalue weighted by atomic mass is 10.1. The molecule has 1 aromatic rings. The van der Waals surface area contributed by atoms with E-state index in [0.717, 1.165) is 18.4 Å². The second kappa shape index (κ2) is 4.33. The van der Waals surface area contributed by atoms with Crippen molar-refractivity contribution in [2.45, 2.75) is 25.8 Å². The molecule has 1 aliphatic carbocycles. The largest absolute Gasteiger partial charge is 0.342 e. The molecule has 1 aliphatic heterocycles. The van der Waals surface area contributed by atoms with Gasteiger partial charge in [-0.25, -0.2) is 4.39 Å². The van der Waals surface area contributed by atoms with Gasteiger partial charge >= 0.3 is 0 Å². The average molecular weight is 262 g/mol. The molecule has 3 rings (SSSR count). The lowest BCUT2D eigenvalue weighted by Gasteiger charge is -2.32. The Balaban J connectivity index is 1.93. The van der Waals surface area contributed by atoms with E-state index >= 15 is 0 Å². The molecule has 2 amide bonds. The van der Waals surface area contributed by atoms with Crippen LogP contribution in [0.15, 0.2) is 18.2 Å². The summed E-state index contributed by atoms with van der Waals surface area (Å²) < 4.78 is 13.4. The van der Waals surface area contributed by atoms with E-state index in [9.17, 15) is 14.0 Å². The van der Waals surface area contributed by atoms with E-state index < -0.39 is 11.9 Å². The number of benzene rings is 1. The zero-order valence-electron chi connectivity index (χ0n) is 10.6. The predicted octanol–water partition coefficient (Wildman–Crippen LogP) is 1.38. The van der Waals surface area contributed by atoms with Crippen LogP contribution in [0.5, 0.6) is 0 Å². The average Bonchev–Trinajstić information content (AvgIpc) is 3.14. The zero-order valence-corrected chi connectivity index (χ0v) is 10.6. The summed E-state index contributed by atoms with van der Waals surface area (Å²) in [6.45, 7) is 1.73. The lowest BCUT2D eigenvalue weighted by molar-refractivity contribution is -0.131. The number of halogens is 1. The smallest absolute Gasteiger partial charge is 0.250 e. The molecule has 1 heterocycles. The van der Waals surface area contributed by atoms with E-state index in [4.69, 9.17) is 0 Å². The molecule has 1 aromatic carbocycles. The summed E-state index contributed by atoms with van der Waals surface area (Å²) in [5.74, 6) is -0.462. The van der Waals surface area contributed by atoms with E-state index in [1.165, 1.54) is 17.0 Å². The minimum atomic E-state index is -0.440. The van der Waals surface area contributed by atoms with Crippen molar-refractivity contribution >= 4 is 17.5 Å². The highest BCUT2D eigenvalue weighted by molar-refractivity contribution is 6.06. The number of aryl methyl sites for hydroxylation is 1. The summed E-state index contributed by atoms with van der Waals surface area (Å²) in [5, 5.41) is 2.73. The maximum absolute atomic E-state index is 13.4. The maximum Gasteiger partial charge on any atom is 0.250 e. The molecular formula is C14H15FN2O2. The third kappa shape index (κ3) is 2.32. The van der Waals surface area contributed by atoms with Crippen LogP contribution in [0.4, 0.5) is 10.1 Å². The van der Waals surface area contributed by atoms with Gasteiger partial charge in [-0.1, -0.05) is 0 Å². The first-order valence-electron chi connectivity index (χ1n) is 6.42. The first-order valence-corrected chi connectivity index (χ1v) is 6.42. The minimum Gasteiger partial charge on any atom is -0.342 e. The van der Waals surface area contributed by atoms with E-state index in [-0.39, 0.29) is 24.3 Å². The Hall–Kier alpha value is -1.91. The molecule has 0 spiro atoms. The Labute approximate surface area is 110 Å². The second-order valence-corrected chi connectivity index (χ2v) is 5.29. The molecular weight excluding hydrogens is 247 g/mol. The third-order valence-corrected chi connectivity index (χ3v) is 3.58. The summed E-state index contributed by atoms with van der Waals surface area (Å²) in [7, 11) is 0. The highest BCUT2D eigenvalue weighted by Gasteiger charge is 2.43. The monoisotopic (exact) mass is 262 g/mol. The van der Waals surface area contributed by atoms with Crippen LogP contribution in [-0.4, -0.2) is 24.4 Å². The van der Waals surface area contributed by atoms with Crippen LogP contribution in [0.25, 0.3) is 0 Å². The van der Waals surface area contributed by atoms with E-state index in [1.807, 2.05) is 0 Å². The molecule has 19 heavy (non-hydrogen) atoms. The van der Waals surface area contributed by atoms with Gasteiger partial charge in [0, 0.05) is 5.69 Å². The Kier molecular flexibility index (Phi) is 2.77. The summed E-state index contributed by atoms with van der Waals surface area (Å²) in [4.78, 5) is 25.5. The van der Waals surface area contributed by atoms with E-state index in [1.54, 1.807) is 13.0 Å². The summed E-state index contributed by atoms with van der Waals surface area (Å²) >= 11 is 0. The SMILES string of the molecule is Cc1cc(F)cc(N2CC(=O)NC(C3CC3)C2=O)c1. The Morgan fingerprint density at radius 3 is 2.63 bits per heavy atom. The van der Waals surface area contributed by atoms with Gasteiger partial charge in [0.15, 0.2) is 0 Å². The minimum absolute atomic E-state index is 0.0368. The van der Waals surface area contributed by atoms with Crippen molar-refractivity contribution in [1.82, 2.24) is 5.32 Å². The molecule has 0 bridgehead atoms. The van der Waals surface area contributed by atoms with Gasteiger partial charge in [0.2, 0.25) is 11.8 Å². The number of anilines is 1. The molecule has 0 radical (unpaired) electrons. The first kappa shape index (κ1) is 12.1. The lowest BCUT2D eigenvalue weighted by Crippen LogP contribution is -2.59. The number of amides is 2. The molecule has 2 aliphatic rings. The van der Waals surface area contributed by atoms with Crippen molar-refractivity contribution < 1.29 is 14.0 Å². The van der Waals surface area contributed by atoms with Gasteiger partial charge in [-0.2, -0.15) is 0 Å². The van der Waals surface area contributed by atoms with Crippen LogP contribution in [0.1, 0.15) is 18.4 Å². The van der Waals surface area contributed by atoms with E-state index in [2.05, 4.69) is 5.32 Å². The van der Waals surface area contributed by atoms with Gasteiger partial charge in [-0.15, -0.1) is 0 Å². The number of rotatable bonds is 2. The Bertz CT molecular complexity index is 534. The van der Waals surface area contributed by atoms with Crippen LogP contribution in [0, 0.1) is 18.7 Å². The Morgan fingerprint density at radius 1 is 1.26 bits per heavy atom. The molecule has 1 saturated carbocycles. The van der Waals surface area contributed by atoms with Gasteiger partial charge < -0.3 is 10.2 Å². The zero-order chi connectivity index (χ0) is 13.6. The number of carbonyl (C=O) groups excluding carboxylic acids is 2. The standard InChI is InChI=1S/C14H15FN2O2/c1-8-4-10(15)6-11(5-8)17-7-12(18)16-13(14(17)19)9-2-3-9/h4-6,9,13H,2-3,7H2,1H3,(H,16,18). The van der Waals surface area contributed by atoms with Gasteiger partial charge in [-0.05, 0) is 49.4 Å². The molecule has 0 aromatic heterocycles. The number of hydrogen-bond acceptors (Lipinski definition) is 2. The van der Waals surface area contributed by atoms with Crippen molar-refractivity contribution in [3.8, 4) is 0 Å².